The van der Waals surface area contributed by atoms with E-state index in [1.807, 2.05) is 43.5 Å². The van der Waals surface area contributed by atoms with Gasteiger partial charge in [0.15, 0.2) is 0 Å². The molecule has 40 heavy (non-hydrogen) atoms. The van der Waals surface area contributed by atoms with Crippen LogP contribution in [0.15, 0.2) is 36.4 Å². The summed E-state index contributed by atoms with van der Waals surface area (Å²) in [5, 5.41) is 2.80. The molecule has 0 radical (unpaired) electrons. The Labute approximate surface area is 236 Å². The second kappa shape index (κ2) is 12.7. The number of carbonyl (C=O) groups is 2. The number of pyridine rings is 1. The second-order valence-corrected chi connectivity index (χ2v) is 10.8. The van der Waals surface area contributed by atoms with E-state index in [0.717, 1.165) is 41.9 Å². The number of benzene rings is 1. The first-order chi connectivity index (χ1) is 19.2. The summed E-state index contributed by atoms with van der Waals surface area (Å²) in [6.07, 6.45) is 4.89. The number of likely N-dealkylation sites (tertiary alicyclic amines) is 1. The molecule has 4 heterocycles. The summed E-state index contributed by atoms with van der Waals surface area (Å²) in [4.78, 5) is 36.1. The lowest BCUT2D eigenvalue weighted by molar-refractivity contribution is -0.914. The summed E-state index contributed by atoms with van der Waals surface area (Å²) in [6, 6.07) is 10.4. The van der Waals surface area contributed by atoms with Gasteiger partial charge in [0, 0.05) is 44.1 Å². The Bertz CT molecular complexity index is 1360. The van der Waals surface area contributed by atoms with Crippen LogP contribution in [0.2, 0.25) is 0 Å². The highest BCUT2D eigenvalue weighted by atomic mass is 19.1. The summed E-state index contributed by atoms with van der Waals surface area (Å²) in [6.45, 7) is 11.8. The number of anilines is 2. The van der Waals surface area contributed by atoms with Crippen LogP contribution in [0, 0.1) is 12.7 Å². The van der Waals surface area contributed by atoms with Gasteiger partial charge in [0.25, 0.3) is 0 Å². The van der Waals surface area contributed by atoms with E-state index < -0.39 is 5.82 Å². The van der Waals surface area contributed by atoms with Gasteiger partial charge in [-0.25, -0.2) is 9.37 Å². The molecule has 1 saturated heterocycles. The first-order valence-corrected chi connectivity index (χ1v) is 14.5. The van der Waals surface area contributed by atoms with Crippen LogP contribution in [0.5, 0.6) is 0 Å². The smallest absolute Gasteiger partial charge is 0.226 e. The first kappa shape index (κ1) is 29.4. The number of rotatable bonds is 7. The van der Waals surface area contributed by atoms with Gasteiger partial charge in [-0.3, -0.25) is 19.5 Å². The van der Waals surface area contributed by atoms with Gasteiger partial charge in [-0.05, 0) is 56.5 Å². The number of amides is 2. The molecule has 0 aliphatic carbocycles. The predicted octanol–water partition coefficient (Wildman–Crippen LogP) is 5.80. The van der Waals surface area contributed by atoms with Crippen molar-refractivity contribution in [3.63, 3.8) is 0 Å². The third-order valence-electron chi connectivity index (χ3n) is 7.76. The number of nitrogens with one attached hydrogen (secondary N) is 1. The molecule has 2 amide bonds. The van der Waals surface area contributed by atoms with E-state index in [0.29, 0.717) is 42.4 Å². The van der Waals surface area contributed by atoms with Crippen molar-refractivity contribution >= 4 is 23.5 Å². The zero-order valence-electron chi connectivity index (χ0n) is 24.5. The Morgan fingerprint density at radius 3 is 2.50 bits per heavy atom. The third-order valence-corrected chi connectivity index (χ3v) is 7.76. The molecule has 3 aromatic rings. The fraction of sp³-hybridized carbons (Fsp3) is 0.484. The van der Waals surface area contributed by atoms with Crippen LogP contribution in [-0.4, -0.2) is 64.1 Å². The van der Waals surface area contributed by atoms with Gasteiger partial charge in [0.1, 0.15) is 11.5 Å². The van der Waals surface area contributed by atoms with Crippen molar-refractivity contribution in [2.24, 2.45) is 0 Å². The van der Waals surface area contributed by atoms with E-state index in [1.165, 1.54) is 32.3 Å². The Balaban J connectivity index is 0.00000181. The van der Waals surface area contributed by atoms with Gasteiger partial charge in [-0.1, -0.05) is 19.9 Å². The van der Waals surface area contributed by atoms with Crippen LogP contribution in [0.4, 0.5) is 16.0 Å². The van der Waals surface area contributed by atoms with E-state index in [1.54, 1.807) is 17.0 Å². The maximum Gasteiger partial charge on any atom is 0.226 e. The Hall–Kier alpha value is -3.59. The molecule has 214 valence electrons. The highest BCUT2D eigenvalue weighted by Gasteiger charge is 2.31. The monoisotopic (exact) mass is 549 g/mol. The number of imidazole rings is 1. The van der Waals surface area contributed by atoms with Crippen LogP contribution in [0.1, 0.15) is 58.6 Å². The van der Waals surface area contributed by atoms with Crippen molar-refractivity contribution in [3.05, 3.63) is 47.9 Å². The normalized spacial score (nSPS) is 15.7. The second-order valence-electron chi connectivity index (χ2n) is 10.8. The van der Waals surface area contributed by atoms with Crippen LogP contribution in [0.3, 0.4) is 0 Å². The first-order valence-electron chi connectivity index (χ1n) is 14.5. The molecular formula is C31H42FN6O2+. The van der Waals surface area contributed by atoms with E-state index in [2.05, 4.69) is 17.3 Å². The van der Waals surface area contributed by atoms with E-state index in [9.17, 15) is 14.0 Å². The average molecular weight is 550 g/mol. The number of piperidine rings is 1. The fourth-order valence-corrected chi connectivity index (χ4v) is 5.70. The molecule has 0 saturated carbocycles. The third kappa shape index (κ3) is 6.41. The highest BCUT2D eigenvalue weighted by molar-refractivity contribution is 5.94. The van der Waals surface area contributed by atoms with Gasteiger partial charge < -0.3 is 14.4 Å². The number of fused-ring (bicyclic) bond motifs is 1. The largest absolute Gasteiger partial charge is 0.326 e. The molecule has 9 heteroatoms. The molecule has 1 fully saturated rings. The van der Waals surface area contributed by atoms with Crippen molar-refractivity contribution in [1.82, 2.24) is 14.5 Å². The molecule has 1 aromatic carbocycles. The molecule has 2 aromatic heterocycles. The van der Waals surface area contributed by atoms with E-state index in [-0.39, 0.29) is 17.5 Å². The molecule has 2 aliphatic rings. The molecule has 0 unspecified atom stereocenters. The maximum atomic E-state index is 14.9. The summed E-state index contributed by atoms with van der Waals surface area (Å²) in [5.74, 6) is -0.211. The van der Waals surface area contributed by atoms with E-state index >= 15 is 0 Å². The van der Waals surface area contributed by atoms with Crippen LogP contribution < -0.4 is 10.2 Å². The van der Waals surface area contributed by atoms with Crippen molar-refractivity contribution in [2.45, 2.75) is 66.3 Å². The number of hydrogen-bond donors (Lipinski definition) is 1. The van der Waals surface area contributed by atoms with Gasteiger partial charge in [0.2, 0.25) is 17.8 Å². The lowest BCUT2D eigenvalue weighted by Crippen LogP contribution is -2.48. The minimum atomic E-state index is -0.487. The van der Waals surface area contributed by atoms with Crippen molar-refractivity contribution in [3.8, 4) is 22.6 Å². The highest BCUT2D eigenvalue weighted by Crippen LogP contribution is 2.38. The molecular weight excluding hydrogens is 507 g/mol. The average Bonchev–Trinajstić information content (AvgIpc) is 3.51. The number of hydrogen-bond acceptors (Lipinski definition) is 4. The molecule has 2 aliphatic heterocycles. The lowest BCUT2D eigenvalue weighted by Gasteiger charge is -2.37. The zero-order valence-corrected chi connectivity index (χ0v) is 24.5. The Kier molecular flexibility index (Phi) is 9.35. The minimum absolute atomic E-state index is 0.0863. The molecule has 0 atom stereocenters. The summed E-state index contributed by atoms with van der Waals surface area (Å²) >= 11 is 0. The minimum Gasteiger partial charge on any atom is -0.326 e. The quantitative estimate of drug-likeness (QED) is 0.378. The summed E-state index contributed by atoms with van der Waals surface area (Å²) in [7, 11) is 2.26. The standard InChI is InChI=1S/C29H35FN6O2.C2H6/c1-20-9-7-10-24(31-20)27-28(35-15-14-34(21(2)37)29(35)33-27)22-12-13-23(30)25(19-22)32-26(38)11-8-18-36(3)16-5-4-6-17-36;1-2/h7,9-10,12-13,19H,4-6,8,11,14-18H2,1-3H3;1-2H3/p+1. The Morgan fingerprint density at radius 1 is 1.05 bits per heavy atom. The SMILES string of the molecule is CC.CC(=O)N1CCn2c1nc(-c1cccc(C)n1)c2-c1ccc(F)c(NC(=O)CCC[N+]2(C)CCCCC2)c1. The van der Waals surface area contributed by atoms with Crippen LogP contribution in [-0.2, 0) is 16.1 Å². The van der Waals surface area contributed by atoms with Crippen LogP contribution >= 0.6 is 0 Å². The maximum absolute atomic E-state index is 14.9. The topological polar surface area (TPSA) is 80.1 Å². The van der Waals surface area contributed by atoms with Crippen LogP contribution in [0.25, 0.3) is 22.6 Å². The summed E-state index contributed by atoms with van der Waals surface area (Å²) < 4.78 is 17.8. The van der Waals surface area contributed by atoms with Crippen molar-refractivity contribution in [2.75, 3.05) is 43.4 Å². The number of quaternary nitrogens is 1. The zero-order chi connectivity index (χ0) is 28.9. The van der Waals surface area contributed by atoms with Gasteiger partial charge in [0.05, 0.1) is 43.8 Å². The molecule has 8 nitrogen and oxygen atoms in total. The molecule has 1 N–H and O–H groups in total. The van der Waals surface area contributed by atoms with Gasteiger partial charge in [-0.2, -0.15) is 0 Å². The molecule has 5 rings (SSSR count). The van der Waals surface area contributed by atoms with Gasteiger partial charge >= 0.3 is 0 Å². The predicted molar refractivity (Wildman–Crippen MR) is 157 cm³/mol. The molecule has 0 spiro atoms. The van der Waals surface area contributed by atoms with Crippen molar-refractivity contribution < 1.29 is 18.5 Å². The van der Waals surface area contributed by atoms with Crippen molar-refractivity contribution in [1.29, 1.82) is 0 Å². The van der Waals surface area contributed by atoms with E-state index in [4.69, 9.17) is 4.98 Å². The number of aromatic nitrogens is 3. The number of nitrogens with zero attached hydrogens (tertiary/aromatic N) is 5. The summed E-state index contributed by atoms with van der Waals surface area (Å²) in [5.41, 5.74) is 3.74. The fourth-order valence-electron chi connectivity index (χ4n) is 5.70. The number of halogens is 1. The number of aryl methyl sites for hydroxylation is 1. The number of carbonyl (C=O) groups excluding carboxylic acids is 2. The van der Waals surface area contributed by atoms with Gasteiger partial charge in [-0.15, -0.1) is 0 Å². The lowest BCUT2D eigenvalue weighted by atomic mass is 10.1. The Morgan fingerprint density at radius 2 is 1.80 bits per heavy atom. The molecule has 0 bridgehead atoms.